The standard InChI is InChI=1S/C16H13O2/c17-14-8-6-12-7-9-16(11-13(12)10-14)18-15-4-2-1-3-5-15/h1-2,4-11,17H,3H2. The van der Waals surface area contributed by atoms with E-state index >= 15 is 0 Å². The van der Waals surface area contributed by atoms with Crippen molar-refractivity contribution < 1.29 is 9.84 Å². The molecule has 18 heavy (non-hydrogen) atoms. The number of fused-ring (bicyclic) bond motifs is 1. The molecule has 0 saturated carbocycles. The third-order valence-electron chi connectivity index (χ3n) is 2.88. The highest BCUT2D eigenvalue weighted by Crippen LogP contribution is 2.26. The lowest BCUT2D eigenvalue weighted by Gasteiger charge is -2.10. The van der Waals surface area contributed by atoms with E-state index in [1.54, 1.807) is 12.1 Å². The molecule has 0 fully saturated rings. The highest BCUT2D eigenvalue weighted by molar-refractivity contribution is 5.85. The quantitative estimate of drug-likeness (QED) is 0.856. The van der Waals surface area contributed by atoms with Crippen molar-refractivity contribution in [3.63, 3.8) is 0 Å². The van der Waals surface area contributed by atoms with E-state index in [1.807, 2.05) is 42.5 Å². The van der Waals surface area contributed by atoms with E-state index in [-0.39, 0.29) is 5.75 Å². The van der Waals surface area contributed by atoms with Crippen LogP contribution in [0.4, 0.5) is 0 Å². The highest BCUT2D eigenvalue weighted by Gasteiger charge is 2.02. The number of rotatable bonds is 2. The average Bonchev–Trinajstić information content (AvgIpc) is 2.39. The molecule has 0 bridgehead atoms. The lowest BCUT2D eigenvalue weighted by Crippen LogP contribution is -1.95. The van der Waals surface area contributed by atoms with Gasteiger partial charge in [0.1, 0.15) is 17.3 Å². The van der Waals surface area contributed by atoms with E-state index in [1.165, 1.54) is 0 Å². The first-order chi connectivity index (χ1) is 8.81. The number of hydrogen-bond acceptors (Lipinski definition) is 2. The highest BCUT2D eigenvalue weighted by atomic mass is 16.5. The molecule has 2 nitrogen and oxygen atoms in total. The van der Waals surface area contributed by atoms with Crippen LogP contribution in [0, 0.1) is 6.42 Å². The molecule has 0 aliphatic heterocycles. The molecule has 0 spiro atoms. The minimum Gasteiger partial charge on any atom is -0.508 e. The Labute approximate surface area is 106 Å². The van der Waals surface area contributed by atoms with Gasteiger partial charge in [0.2, 0.25) is 0 Å². The van der Waals surface area contributed by atoms with Crippen LogP contribution >= 0.6 is 0 Å². The molecular weight excluding hydrogens is 224 g/mol. The maximum atomic E-state index is 9.48. The van der Waals surface area contributed by atoms with Gasteiger partial charge in [0.25, 0.3) is 0 Å². The second kappa shape index (κ2) is 4.57. The molecule has 0 unspecified atom stereocenters. The lowest BCUT2D eigenvalue weighted by molar-refractivity contribution is 0.441. The minimum absolute atomic E-state index is 0.269. The Morgan fingerprint density at radius 2 is 1.89 bits per heavy atom. The predicted molar refractivity (Wildman–Crippen MR) is 72.4 cm³/mol. The summed E-state index contributed by atoms with van der Waals surface area (Å²) in [7, 11) is 0. The second-order valence-electron chi connectivity index (χ2n) is 4.23. The molecular formula is C16H13O2. The van der Waals surface area contributed by atoms with Crippen LogP contribution in [0.15, 0.2) is 60.4 Å². The molecule has 0 heterocycles. The first-order valence-corrected chi connectivity index (χ1v) is 5.92. The van der Waals surface area contributed by atoms with Crippen LogP contribution in [0.2, 0.25) is 0 Å². The number of hydrogen-bond donors (Lipinski definition) is 1. The monoisotopic (exact) mass is 237 g/mol. The van der Waals surface area contributed by atoms with Crippen LogP contribution in [0.3, 0.4) is 0 Å². The summed E-state index contributed by atoms with van der Waals surface area (Å²) in [5.74, 6) is 1.91. The van der Waals surface area contributed by atoms with Gasteiger partial charge in [-0.2, -0.15) is 0 Å². The van der Waals surface area contributed by atoms with E-state index in [9.17, 15) is 5.11 Å². The van der Waals surface area contributed by atoms with Gasteiger partial charge in [-0.1, -0.05) is 18.2 Å². The van der Waals surface area contributed by atoms with Gasteiger partial charge >= 0.3 is 0 Å². The van der Waals surface area contributed by atoms with Crippen LogP contribution in [-0.4, -0.2) is 5.11 Å². The zero-order chi connectivity index (χ0) is 12.4. The Bertz CT molecular complexity index is 639. The SMILES string of the molecule is Oc1ccc2ccc(OC3=CC[CH]C=C3)cc2c1. The summed E-state index contributed by atoms with van der Waals surface area (Å²) in [6.45, 7) is 0. The van der Waals surface area contributed by atoms with Crippen LogP contribution in [0.1, 0.15) is 6.42 Å². The van der Waals surface area contributed by atoms with Crippen molar-refractivity contribution in [3.05, 3.63) is 66.8 Å². The Kier molecular flexibility index (Phi) is 2.77. The van der Waals surface area contributed by atoms with E-state index in [2.05, 4.69) is 6.42 Å². The molecule has 1 N–H and O–H groups in total. The smallest absolute Gasteiger partial charge is 0.128 e. The van der Waals surface area contributed by atoms with Gasteiger partial charge in [-0.3, -0.25) is 0 Å². The maximum absolute atomic E-state index is 9.48. The molecule has 1 radical (unpaired) electrons. The van der Waals surface area contributed by atoms with E-state index in [0.717, 1.165) is 28.7 Å². The topological polar surface area (TPSA) is 29.5 Å². The molecule has 89 valence electrons. The van der Waals surface area contributed by atoms with Crippen molar-refractivity contribution in [1.82, 2.24) is 0 Å². The fourth-order valence-electron chi connectivity index (χ4n) is 1.98. The third kappa shape index (κ3) is 2.23. The Balaban J connectivity index is 1.93. The van der Waals surface area contributed by atoms with Crippen LogP contribution in [0.5, 0.6) is 11.5 Å². The average molecular weight is 237 g/mol. The molecule has 3 rings (SSSR count). The van der Waals surface area contributed by atoms with Gasteiger partial charge in [0.15, 0.2) is 0 Å². The number of allylic oxidation sites excluding steroid dienone is 3. The molecule has 1 aliphatic carbocycles. The first kappa shape index (κ1) is 10.9. The number of phenolic OH excluding ortho intramolecular Hbond substituents is 1. The Hall–Kier alpha value is -2.22. The van der Waals surface area contributed by atoms with Gasteiger partial charge in [0, 0.05) is 0 Å². The normalized spacial score (nSPS) is 14.6. The first-order valence-electron chi connectivity index (χ1n) is 5.92. The Morgan fingerprint density at radius 1 is 1.00 bits per heavy atom. The number of phenols is 1. The molecule has 1 aliphatic rings. The van der Waals surface area contributed by atoms with Gasteiger partial charge in [-0.15, -0.1) is 0 Å². The van der Waals surface area contributed by atoms with E-state index in [4.69, 9.17) is 4.74 Å². The van der Waals surface area contributed by atoms with Crippen LogP contribution < -0.4 is 4.74 Å². The summed E-state index contributed by atoms with van der Waals surface area (Å²) in [6.07, 6.45) is 8.94. The minimum atomic E-state index is 0.269. The van der Waals surface area contributed by atoms with E-state index < -0.39 is 0 Å². The maximum Gasteiger partial charge on any atom is 0.128 e. The molecule has 0 atom stereocenters. The van der Waals surface area contributed by atoms with E-state index in [0.29, 0.717) is 0 Å². The summed E-state index contributed by atoms with van der Waals surface area (Å²) >= 11 is 0. The van der Waals surface area contributed by atoms with Gasteiger partial charge in [0.05, 0.1) is 0 Å². The van der Waals surface area contributed by atoms with Gasteiger partial charge < -0.3 is 9.84 Å². The number of aromatic hydroxyl groups is 1. The fourth-order valence-corrected chi connectivity index (χ4v) is 1.98. The summed E-state index contributed by atoms with van der Waals surface area (Å²) < 4.78 is 5.78. The fraction of sp³-hybridized carbons (Fsp3) is 0.0625. The van der Waals surface area contributed by atoms with Gasteiger partial charge in [-0.05, 0) is 60.0 Å². The van der Waals surface area contributed by atoms with Gasteiger partial charge in [-0.25, -0.2) is 0 Å². The summed E-state index contributed by atoms with van der Waals surface area (Å²) in [5, 5.41) is 11.5. The van der Waals surface area contributed by atoms with Crippen molar-refractivity contribution in [3.8, 4) is 11.5 Å². The lowest BCUT2D eigenvalue weighted by atomic mass is 10.1. The molecule has 0 amide bonds. The van der Waals surface area contributed by atoms with Crippen molar-refractivity contribution in [2.24, 2.45) is 0 Å². The van der Waals surface area contributed by atoms with Crippen molar-refractivity contribution >= 4 is 10.8 Å². The number of benzene rings is 2. The molecule has 2 aromatic carbocycles. The number of ether oxygens (including phenoxy) is 1. The molecule has 2 heteroatoms. The summed E-state index contributed by atoms with van der Waals surface area (Å²) in [4.78, 5) is 0. The second-order valence-corrected chi connectivity index (χ2v) is 4.23. The van der Waals surface area contributed by atoms with Crippen LogP contribution in [-0.2, 0) is 0 Å². The van der Waals surface area contributed by atoms with Crippen molar-refractivity contribution in [2.75, 3.05) is 0 Å². The zero-order valence-corrected chi connectivity index (χ0v) is 9.84. The largest absolute Gasteiger partial charge is 0.508 e. The zero-order valence-electron chi connectivity index (χ0n) is 9.84. The Morgan fingerprint density at radius 3 is 2.72 bits per heavy atom. The summed E-state index contributed by atoms with van der Waals surface area (Å²) in [5.41, 5.74) is 0. The summed E-state index contributed by atoms with van der Waals surface area (Å²) in [6, 6.07) is 11.2. The molecule has 2 aromatic rings. The van der Waals surface area contributed by atoms with Crippen molar-refractivity contribution in [2.45, 2.75) is 6.42 Å². The molecule has 0 saturated heterocycles. The van der Waals surface area contributed by atoms with Crippen molar-refractivity contribution in [1.29, 1.82) is 0 Å². The molecule has 0 aromatic heterocycles. The predicted octanol–water partition coefficient (Wildman–Crippen LogP) is 3.97. The third-order valence-corrected chi connectivity index (χ3v) is 2.88. The van der Waals surface area contributed by atoms with Crippen LogP contribution in [0.25, 0.3) is 10.8 Å².